The molecule has 0 amide bonds. The Morgan fingerprint density at radius 1 is 1.15 bits per heavy atom. The average molecular weight is 351 g/mol. The molecule has 0 saturated carbocycles. The second-order valence-corrected chi connectivity index (χ2v) is 6.90. The van der Waals surface area contributed by atoms with Gasteiger partial charge in [0, 0.05) is 24.6 Å². The first kappa shape index (κ1) is 16.9. The monoisotopic (exact) mass is 351 g/mol. The molecule has 1 fully saturated rings. The minimum atomic E-state index is 0.450. The first-order chi connectivity index (χ1) is 12.7. The van der Waals surface area contributed by atoms with Gasteiger partial charge in [0.25, 0.3) is 0 Å². The van der Waals surface area contributed by atoms with Gasteiger partial charge in [-0.3, -0.25) is 10.00 Å². The number of likely N-dealkylation sites (tertiary alicyclic amines) is 1. The highest BCUT2D eigenvalue weighted by molar-refractivity contribution is 5.53. The van der Waals surface area contributed by atoms with Crippen LogP contribution < -0.4 is 0 Å². The summed E-state index contributed by atoms with van der Waals surface area (Å²) in [6.07, 6.45) is 2.19. The summed E-state index contributed by atoms with van der Waals surface area (Å²) in [6.45, 7) is 8.05. The molecule has 1 saturated heterocycles. The van der Waals surface area contributed by atoms with E-state index in [4.69, 9.17) is 4.98 Å². The van der Waals surface area contributed by atoms with Gasteiger partial charge in [-0.1, -0.05) is 35.5 Å². The summed E-state index contributed by atoms with van der Waals surface area (Å²) >= 11 is 0. The molecular weight excluding hydrogens is 326 g/mol. The summed E-state index contributed by atoms with van der Waals surface area (Å²) < 4.78 is 2.00. The van der Waals surface area contributed by atoms with Crippen LogP contribution in [0.4, 0.5) is 0 Å². The van der Waals surface area contributed by atoms with Crippen molar-refractivity contribution >= 4 is 0 Å². The molecule has 3 aromatic rings. The van der Waals surface area contributed by atoms with Crippen molar-refractivity contribution in [2.24, 2.45) is 0 Å². The van der Waals surface area contributed by atoms with E-state index < -0.39 is 0 Å². The summed E-state index contributed by atoms with van der Waals surface area (Å²) in [4.78, 5) is 7.23. The molecule has 7 nitrogen and oxygen atoms in total. The standard InChI is InChI=1S/C19H25N7/c1-3-26-17(14(2)21-24-26)13-25-11-9-16(10-12-25)19-20-18(22-23-19)15-7-5-4-6-8-15/h4-8,16H,3,9-13H2,1-2H3,(H,20,22,23). The number of piperidine rings is 1. The molecular formula is C19H25N7. The van der Waals surface area contributed by atoms with Crippen LogP contribution in [-0.2, 0) is 13.1 Å². The Kier molecular flexibility index (Phi) is 4.79. The van der Waals surface area contributed by atoms with Gasteiger partial charge in [-0.15, -0.1) is 5.10 Å². The number of hydrogen-bond acceptors (Lipinski definition) is 5. The van der Waals surface area contributed by atoms with E-state index in [2.05, 4.69) is 32.3 Å². The summed E-state index contributed by atoms with van der Waals surface area (Å²) in [6, 6.07) is 10.1. The van der Waals surface area contributed by atoms with Gasteiger partial charge in [0.05, 0.1) is 11.4 Å². The van der Waals surface area contributed by atoms with Crippen molar-refractivity contribution in [3.05, 3.63) is 47.5 Å². The van der Waals surface area contributed by atoms with E-state index in [0.29, 0.717) is 5.92 Å². The Labute approximate surface area is 153 Å². The van der Waals surface area contributed by atoms with Crippen LogP contribution in [-0.4, -0.2) is 48.2 Å². The van der Waals surface area contributed by atoms with Gasteiger partial charge in [0.1, 0.15) is 5.82 Å². The molecule has 1 aromatic carbocycles. The Bertz CT molecular complexity index is 844. The zero-order valence-corrected chi connectivity index (χ0v) is 15.4. The molecule has 0 bridgehead atoms. The Hall–Kier alpha value is -2.54. The number of nitrogens with zero attached hydrogens (tertiary/aromatic N) is 6. The molecule has 2 aromatic heterocycles. The van der Waals surface area contributed by atoms with Gasteiger partial charge in [0.2, 0.25) is 0 Å². The maximum Gasteiger partial charge on any atom is 0.181 e. The van der Waals surface area contributed by atoms with E-state index in [1.165, 1.54) is 5.69 Å². The maximum absolute atomic E-state index is 4.74. The summed E-state index contributed by atoms with van der Waals surface area (Å²) in [7, 11) is 0. The molecule has 1 N–H and O–H groups in total. The van der Waals surface area contributed by atoms with E-state index in [1.807, 2.05) is 41.9 Å². The number of H-pyrrole nitrogens is 1. The van der Waals surface area contributed by atoms with Crippen LogP contribution in [0, 0.1) is 6.92 Å². The second kappa shape index (κ2) is 7.37. The highest BCUT2D eigenvalue weighted by atomic mass is 15.4. The maximum atomic E-state index is 4.74. The fraction of sp³-hybridized carbons (Fsp3) is 0.474. The minimum absolute atomic E-state index is 0.450. The van der Waals surface area contributed by atoms with E-state index in [9.17, 15) is 0 Å². The van der Waals surface area contributed by atoms with Crippen molar-refractivity contribution in [3.8, 4) is 11.4 Å². The largest absolute Gasteiger partial charge is 0.297 e. The molecule has 1 aliphatic heterocycles. The number of nitrogens with one attached hydrogen (secondary N) is 1. The van der Waals surface area contributed by atoms with Crippen molar-refractivity contribution in [1.29, 1.82) is 0 Å². The van der Waals surface area contributed by atoms with Crippen molar-refractivity contribution in [3.63, 3.8) is 0 Å². The van der Waals surface area contributed by atoms with Crippen molar-refractivity contribution in [2.75, 3.05) is 13.1 Å². The van der Waals surface area contributed by atoms with Gasteiger partial charge >= 0.3 is 0 Å². The van der Waals surface area contributed by atoms with Crippen LogP contribution in [0.5, 0.6) is 0 Å². The molecule has 0 unspecified atom stereocenters. The third-order valence-electron chi connectivity index (χ3n) is 5.21. The highest BCUT2D eigenvalue weighted by Gasteiger charge is 2.24. The zero-order chi connectivity index (χ0) is 17.9. The van der Waals surface area contributed by atoms with Gasteiger partial charge < -0.3 is 0 Å². The Morgan fingerprint density at radius 2 is 1.92 bits per heavy atom. The number of benzene rings is 1. The molecule has 0 radical (unpaired) electrons. The quantitative estimate of drug-likeness (QED) is 0.765. The molecule has 7 heteroatoms. The summed E-state index contributed by atoms with van der Waals surface area (Å²) in [5, 5.41) is 16.0. The van der Waals surface area contributed by atoms with Crippen LogP contribution in [0.2, 0.25) is 0 Å². The molecule has 3 heterocycles. The first-order valence-corrected chi connectivity index (χ1v) is 9.33. The van der Waals surface area contributed by atoms with Gasteiger partial charge in [-0.05, 0) is 39.8 Å². The van der Waals surface area contributed by atoms with Gasteiger partial charge in [-0.25, -0.2) is 9.67 Å². The molecule has 0 atom stereocenters. The predicted molar refractivity (Wildman–Crippen MR) is 99.5 cm³/mol. The fourth-order valence-corrected chi connectivity index (χ4v) is 3.62. The lowest BCUT2D eigenvalue weighted by atomic mass is 9.96. The number of rotatable bonds is 5. The van der Waals surface area contributed by atoms with E-state index >= 15 is 0 Å². The predicted octanol–water partition coefficient (Wildman–Crippen LogP) is 2.77. The van der Waals surface area contributed by atoms with Crippen LogP contribution in [0.1, 0.15) is 42.9 Å². The SMILES string of the molecule is CCn1nnc(C)c1CN1CCC(c2nc(-c3ccccc3)n[nH]2)CC1. The van der Waals surface area contributed by atoms with E-state index in [0.717, 1.165) is 61.9 Å². The lowest BCUT2D eigenvalue weighted by molar-refractivity contribution is 0.196. The average Bonchev–Trinajstić information content (AvgIpc) is 3.31. The lowest BCUT2D eigenvalue weighted by Crippen LogP contribution is -2.33. The smallest absolute Gasteiger partial charge is 0.181 e. The van der Waals surface area contributed by atoms with Gasteiger partial charge in [0.15, 0.2) is 5.82 Å². The van der Waals surface area contributed by atoms with Crippen molar-refractivity contribution in [1.82, 2.24) is 35.1 Å². The number of aryl methyl sites for hydroxylation is 2. The lowest BCUT2D eigenvalue weighted by Gasteiger charge is -2.30. The molecule has 136 valence electrons. The molecule has 0 aliphatic carbocycles. The normalized spacial score (nSPS) is 16.2. The molecule has 26 heavy (non-hydrogen) atoms. The number of aromatic amines is 1. The number of aromatic nitrogens is 6. The van der Waals surface area contributed by atoms with Crippen LogP contribution in [0.15, 0.2) is 30.3 Å². The minimum Gasteiger partial charge on any atom is -0.297 e. The topological polar surface area (TPSA) is 75.5 Å². The Balaban J connectivity index is 1.38. The second-order valence-electron chi connectivity index (χ2n) is 6.90. The van der Waals surface area contributed by atoms with Gasteiger partial charge in [-0.2, -0.15) is 5.10 Å². The molecule has 4 rings (SSSR count). The fourth-order valence-electron chi connectivity index (χ4n) is 3.62. The Morgan fingerprint density at radius 3 is 2.65 bits per heavy atom. The van der Waals surface area contributed by atoms with E-state index in [1.54, 1.807) is 0 Å². The van der Waals surface area contributed by atoms with E-state index in [-0.39, 0.29) is 0 Å². The van der Waals surface area contributed by atoms with Crippen LogP contribution >= 0.6 is 0 Å². The summed E-state index contributed by atoms with van der Waals surface area (Å²) in [5.74, 6) is 2.25. The van der Waals surface area contributed by atoms with Crippen molar-refractivity contribution in [2.45, 2.75) is 45.7 Å². The number of hydrogen-bond donors (Lipinski definition) is 1. The first-order valence-electron chi connectivity index (χ1n) is 9.33. The van der Waals surface area contributed by atoms with Crippen LogP contribution in [0.3, 0.4) is 0 Å². The third kappa shape index (κ3) is 3.39. The van der Waals surface area contributed by atoms with Crippen LogP contribution in [0.25, 0.3) is 11.4 Å². The zero-order valence-electron chi connectivity index (χ0n) is 15.4. The highest BCUT2D eigenvalue weighted by Crippen LogP contribution is 2.27. The third-order valence-corrected chi connectivity index (χ3v) is 5.21. The summed E-state index contributed by atoms with van der Waals surface area (Å²) in [5.41, 5.74) is 3.33. The van der Waals surface area contributed by atoms with Crippen molar-refractivity contribution < 1.29 is 0 Å². The molecule has 0 spiro atoms. The molecule has 1 aliphatic rings.